The Morgan fingerprint density at radius 3 is 2.59 bits per heavy atom. The van der Waals surface area contributed by atoms with E-state index in [2.05, 4.69) is 10.3 Å². The lowest BCUT2D eigenvalue weighted by Gasteiger charge is -2.09. The van der Waals surface area contributed by atoms with E-state index in [1.165, 1.54) is 28.7 Å². The monoisotopic (exact) mass is 389 g/mol. The van der Waals surface area contributed by atoms with Crippen molar-refractivity contribution < 1.29 is 13.9 Å². The molecule has 0 aliphatic heterocycles. The summed E-state index contributed by atoms with van der Waals surface area (Å²) in [6, 6.07) is 19.2. The molecular formula is C22H16FN3O3. The molecule has 0 atom stereocenters. The molecule has 2 aromatic carbocycles. The number of nitrogens with one attached hydrogen (secondary N) is 1. The maximum Gasteiger partial charge on any atom is 0.258 e. The summed E-state index contributed by atoms with van der Waals surface area (Å²) >= 11 is 0. The first-order chi connectivity index (χ1) is 14.1. The minimum absolute atomic E-state index is 0.0264. The summed E-state index contributed by atoms with van der Waals surface area (Å²) in [4.78, 5) is 28.6. The van der Waals surface area contributed by atoms with E-state index in [9.17, 15) is 14.0 Å². The first kappa shape index (κ1) is 18.4. The summed E-state index contributed by atoms with van der Waals surface area (Å²) in [6.07, 6.45) is 1.66. The Morgan fingerprint density at radius 2 is 1.79 bits per heavy atom. The van der Waals surface area contributed by atoms with Crippen molar-refractivity contribution in [3.8, 4) is 5.75 Å². The molecule has 0 aliphatic rings. The summed E-state index contributed by atoms with van der Waals surface area (Å²) < 4.78 is 20.8. The molecule has 0 saturated carbocycles. The van der Waals surface area contributed by atoms with Gasteiger partial charge in [0.1, 0.15) is 23.8 Å². The standard InChI is InChI=1S/C22H16FN3O3/c23-19-6-2-1-5-18(19)22(28)25-15-8-10-17(11-9-15)29-14-16-13-21(27)26-12-4-3-7-20(26)24-16/h1-13H,14H2,(H,25,28). The number of carbonyl (C=O) groups excluding carboxylic acids is 1. The Bertz CT molecular complexity index is 1240. The van der Waals surface area contributed by atoms with Crippen molar-refractivity contribution in [2.24, 2.45) is 0 Å². The van der Waals surface area contributed by atoms with Gasteiger partial charge in [-0.2, -0.15) is 0 Å². The lowest BCUT2D eigenvalue weighted by Crippen LogP contribution is -2.16. The highest BCUT2D eigenvalue weighted by Crippen LogP contribution is 2.18. The average molecular weight is 389 g/mol. The molecule has 29 heavy (non-hydrogen) atoms. The molecule has 0 fully saturated rings. The van der Waals surface area contributed by atoms with E-state index in [0.717, 1.165) is 0 Å². The number of ether oxygens (including phenoxy) is 1. The Labute approximate surface area is 165 Å². The summed E-state index contributed by atoms with van der Waals surface area (Å²) in [5.74, 6) is -0.565. The lowest BCUT2D eigenvalue weighted by atomic mass is 10.2. The fourth-order valence-corrected chi connectivity index (χ4v) is 2.81. The molecule has 2 heterocycles. The normalized spacial score (nSPS) is 10.7. The Hall–Kier alpha value is -4.00. The zero-order valence-electron chi connectivity index (χ0n) is 15.2. The zero-order chi connectivity index (χ0) is 20.2. The highest BCUT2D eigenvalue weighted by atomic mass is 19.1. The summed E-state index contributed by atoms with van der Waals surface area (Å²) in [6.45, 7) is 0.127. The van der Waals surface area contributed by atoms with Gasteiger partial charge in [-0.25, -0.2) is 9.37 Å². The van der Waals surface area contributed by atoms with Crippen LogP contribution in [0, 0.1) is 5.82 Å². The summed E-state index contributed by atoms with van der Waals surface area (Å²) in [7, 11) is 0. The van der Waals surface area contributed by atoms with Crippen molar-refractivity contribution in [3.05, 3.63) is 106 Å². The fourth-order valence-electron chi connectivity index (χ4n) is 2.81. The molecule has 0 saturated heterocycles. The van der Waals surface area contributed by atoms with Crippen molar-refractivity contribution in [1.29, 1.82) is 0 Å². The molecule has 0 aliphatic carbocycles. The fraction of sp³-hybridized carbons (Fsp3) is 0.0455. The van der Waals surface area contributed by atoms with Crippen molar-refractivity contribution in [2.75, 3.05) is 5.32 Å². The molecule has 144 valence electrons. The number of benzene rings is 2. The van der Waals surface area contributed by atoms with Crippen LogP contribution in [0.4, 0.5) is 10.1 Å². The maximum atomic E-state index is 13.7. The van der Waals surface area contributed by atoms with Gasteiger partial charge in [-0.3, -0.25) is 14.0 Å². The van der Waals surface area contributed by atoms with Crippen molar-refractivity contribution in [2.45, 2.75) is 6.61 Å². The number of amides is 1. The van der Waals surface area contributed by atoms with E-state index in [0.29, 0.717) is 22.8 Å². The number of halogens is 1. The van der Waals surface area contributed by atoms with Crippen LogP contribution in [0.3, 0.4) is 0 Å². The molecule has 0 spiro atoms. The lowest BCUT2D eigenvalue weighted by molar-refractivity contribution is 0.102. The second-order valence-corrected chi connectivity index (χ2v) is 6.26. The van der Waals surface area contributed by atoms with Crippen LogP contribution in [0.1, 0.15) is 16.1 Å². The van der Waals surface area contributed by atoms with Crippen molar-refractivity contribution >= 4 is 17.2 Å². The average Bonchev–Trinajstić information content (AvgIpc) is 2.73. The second-order valence-electron chi connectivity index (χ2n) is 6.26. The predicted molar refractivity (Wildman–Crippen MR) is 107 cm³/mol. The highest BCUT2D eigenvalue weighted by Gasteiger charge is 2.11. The van der Waals surface area contributed by atoms with E-state index in [1.54, 1.807) is 54.7 Å². The van der Waals surface area contributed by atoms with Gasteiger partial charge in [-0.1, -0.05) is 18.2 Å². The summed E-state index contributed by atoms with van der Waals surface area (Å²) in [5.41, 5.74) is 1.36. The molecule has 0 bridgehead atoms. The van der Waals surface area contributed by atoms with Crippen LogP contribution in [0.25, 0.3) is 5.65 Å². The minimum atomic E-state index is -0.580. The second kappa shape index (κ2) is 7.93. The Morgan fingerprint density at radius 1 is 1.03 bits per heavy atom. The number of hydrogen-bond donors (Lipinski definition) is 1. The van der Waals surface area contributed by atoms with Gasteiger partial charge in [0, 0.05) is 18.0 Å². The zero-order valence-corrected chi connectivity index (χ0v) is 15.2. The topological polar surface area (TPSA) is 72.7 Å². The van der Waals surface area contributed by atoms with Gasteiger partial charge in [-0.05, 0) is 48.5 Å². The number of fused-ring (bicyclic) bond motifs is 1. The quantitative estimate of drug-likeness (QED) is 0.565. The summed E-state index contributed by atoms with van der Waals surface area (Å²) in [5, 5.41) is 2.64. The van der Waals surface area contributed by atoms with Gasteiger partial charge in [-0.15, -0.1) is 0 Å². The molecule has 6 nitrogen and oxygen atoms in total. The molecule has 1 amide bonds. The molecule has 1 N–H and O–H groups in total. The molecular weight excluding hydrogens is 373 g/mol. The largest absolute Gasteiger partial charge is 0.487 e. The number of aromatic nitrogens is 2. The first-order valence-electron chi connectivity index (χ1n) is 8.86. The molecule has 0 unspecified atom stereocenters. The number of rotatable bonds is 5. The van der Waals surface area contributed by atoms with Crippen molar-refractivity contribution in [3.63, 3.8) is 0 Å². The SMILES string of the molecule is O=C(Nc1ccc(OCc2cc(=O)n3ccccc3n2)cc1)c1ccccc1F. The molecule has 4 aromatic rings. The van der Waals surface area contributed by atoms with E-state index in [4.69, 9.17) is 4.74 Å². The van der Waals surface area contributed by atoms with Crippen LogP contribution >= 0.6 is 0 Å². The maximum absolute atomic E-state index is 13.7. The molecule has 4 rings (SSSR count). The Kier molecular flexibility index (Phi) is 5.03. The van der Waals surface area contributed by atoms with Crippen LogP contribution < -0.4 is 15.6 Å². The van der Waals surface area contributed by atoms with Gasteiger partial charge in [0.15, 0.2) is 0 Å². The number of carbonyl (C=O) groups is 1. The minimum Gasteiger partial charge on any atom is -0.487 e. The smallest absolute Gasteiger partial charge is 0.258 e. The van der Waals surface area contributed by atoms with E-state index in [-0.39, 0.29) is 17.7 Å². The number of anilines is 1. The van der Waals surface area contributed by atoms with E-state index in [1.807, 2.05) is 0 Å². The van der Waals surface area contributed by atoms with Gasteiger partial charge in [0.2, 0.25) is 0 Å². The van der Waals surface area contributed by atoms with Crippen LogP contribution in [-0.2, 0) is 6.61 Å². The molecule has 7 heteroatoms. The van der Waals surface area contributed by atoms with Crippen LogP contribution in [0.2, 0.25) is 0 Å². The number of nitrogens with zero attached hydrogens (tertiary/aromatic N) is 2. The van der Waals surface area contributed by atoms with E-state index >= 15 is 0 Å². The Balaban J connectivity index is 1.42. The molecule has 0 radical (unpaired) electrons. The number of hydrogen-bond acceptors (Lipinski definition) is 4. The van der Waals surface area contributed by atoms with Crippen LogP contribution in [-0.4, -0.2) is 15.3 Å². The number of pyridine rings is 1. The van der Waals surface area contributed by atoms with Gasteiger partial charge in [0.25, 0.3) is 11.5 Å². The predicted octanol–water partition coefficient (Wildman–Crippen LogP) is 3.66. The highest BCUT2D eigenvalue weighted by molar-refractivity contribution is 6.04. The van der Waals surface area contributed by atoms with E-state index < -0.39 is 11.7 Å². The van der Waals surface area contributed by atoms with Crippen LogP contribution in [0.15, 0.2) is 83.8 Å². The van der Waals surface area contributed by atoms with Gasteiger partial charge < -0.3 is 10.1 Å². The first-order valence-corrected chi connectivity index (χ1v) is 8.86. The van der Waals surface area contributed by atoms with Gasteiger partial charge >= 0.3 is 0 Å². The van der Waals surface area contributed by atoms with Crippen molar-refractivity contribution in [1.82, 2.24) is 9.38 Å². The van der Waals surface area contributed by atoms with Crippen LogP contribution in [0.5, 0.6) is 5.75 Å². The third-order valence-corrected chi connectivity index (χ3v) is 4.24. The molecule has 2 aromatic heterocycles. The third kappa shape index (κ3) is 4.14. The van der Waals surface area contributed by atoms with Gasteiger partial charge in [0.05, 0.1) is 11.3 Å². The third-order valence-electron chi connectivity index (χ3n) is 4.24.